The number of hydrogen-bond donors (Lipinski definition) is 0. The van der Waals surface area contributed by atoms with E-state index in [1.807, 2.05) is 45.0 Å². The monoisotopic (exact) mass is 318 g/mol. The molecule has 0 atom stereocenters. The minimum Gasteiger partial charge on any atom is -0.494 e. The number of ether oxygens (including phenoxy) is 1. The van der Waals surface area contributed by atoms with Crippen LogP contribution in [-0.4, -0.2) is 12.4 Å². The standard InChI is InChI=1S/C21H34O2/c1-5-6-7-8-9-10-11-12-17-23-19-15-13-18(14-16-19)20(22)21(2,3)4/h13-16H,5-12,17H2,1-4H3. The van der Waals surface area contributed by atoms with E-state index in [1.165, 1.54) is 44.9 Å². The molecule has 0 aromatic heterocycles. The van der Waals surface area contributed by atoms with Crippen LogP contribution in [0.4, 0.5) is 0 Å². The Labute approximate surface area is 142 Å². The third-order valence-electron chi connectivity index (χ3n) is 4.06. The Morgan fingerprint density at radius 2 is 1.39 bits per heavy atom. The maximum Gasteiger partial charge on any atom is 0.168 e. The van der Waals surface area contributed by atoms with Gasteiger partial charge < -0.3 is 4.74 Å². The topological polar surface area (TPSA) is 26.3 Å². The van der Waals surface area contributed by atoms with Crippen LogP contribution < -0.4 is 4.74 Å². The lowest BCUT2D eigenvalue weighted by Crippen LogP contribution is -2.19. The number of benzene rings is 1. The highest BCUT2D eigenvalue weighted by Crippen LogP contribution is 2.22. The minimum atomic E-state index is -0.334. The van der Waals surface area contributed by atoms with Crippen LogP contribution >= 0.6 is 0 Å². The molecule has 0 N–H and O–H groups in total. The normalized spacial score (nSPS) is 11.5. The van der Waals surface area contributed by atoms with Gasteiger partial charge in [0, 0.05) is 11.0 Å². The fourth-order valence-electron chi connectivity index (χ4n) is 2.56. The Bertz CT molecular complexity index is 440. The Kier molecular flexibility index (Phi) is 8.98. The second-order valence-electron chi connectivity index (χ2n) is 7.43. The predicted octanol–water partition coefficient (Wildman–Crippen LogP) is 6.43. The van der Waals surface area contributed by atoms with Crippen molar-refractivity contribution in [2.45, 2.75) is 79.1 Å². The minimum absolute atomic E-state index is 0.173. The van der Waals surface area contributed by atoms with Crippen LogP contribution in [0.1, 0.15) is 89.4 Å². The summed E-state index contributed by atoms with van der Waals surface area (Å²) in [4.78, 5) is 12.2. The largest absolute Gasteiger partial charge is 0.494 e. The van der Waals surface area contributed by atoms with Crippen molar-refractivity contribution in [3.63, 3.8) is 0 Å². The summed E-state index contributed by atoms with van der Waals surface area (Å²) in [6.45, 7) is 8.86. The summed E-state index contributed by atoms with van der Waals surface area (Å²) >= 11 is 0. The molecular formula is C21H34O2. The van der Waals surface area contributed by atoms with Gasteiger partial charge in [-0.05, 0) is 30.7 Å². The SMILES string of the molecule is CCCCCCCCCCOc1ccc(C(=O)C(C)(C)C)cc1. The van der Waals surface area contributed by atoms with Gasteiger partial charge in [-0.3, -0.25) is 4.79 Å². The first-order chi connectivity index (χ1) is 10.9. The van der Waals surface area contributed by atoms with Gasteiger partial charge in [0.15, 0.2) is 5.78 Å². The molecule has 1 aromatic rings. The van der Waals surface area contributed by atoms with Crippen LogP contribution in [0.2, 0.25) is 0 Å². The van der Waals surface area contributed by atoms with Gasteiger partial charge in [-0.1, -0.05) is 72.6 Å². The maximum absolute atomic E-state index is 12.2. The van der Waals surface area contributed by atoms with Gasteiger partial charge in [0.25, 0.3) is 0 Å². The molecule has 0 aliphatic carbocycles. The van der Waals surface area contributed by atoms with E-state index in [9.17, 15) is 4.79 Å². The van der Waals surface area contributed by atoms with Crippen molar-refractivity contribution in [2.75, 3.05) is 6.61 Å². The van der Waals surface area contributed by atoms with E-state index in [0.29, 0.717) is 0 Å². The fraction of sp³-hybridized carbons (Fsp3) is 0.667. The molecule has 1 aromatic carbocycles. The molecule has 1 rings (SSSR count). The first-order valence-corrected chi connectivity index (χ1v) is 9.23. The summed E-state index contributed by atoms with van der Waals surface area (Å²) < 4.78 is 5.76. The molecule has 0 bridgehead atoms. The van der Waals surface area contributed by atoms with Crippen LogP contribution in [0, 0.1) is 5.41 Å². The number of carbonyl (C=O) groups excluding carboxylic acids is 1. The lowest BCUT2D eigenvalue weighted by atomic mass is 9.86. The van der Waals surface area contributed by atoms with Crippen molar-refractivity contribution < 1.29 is 9.53 Å². The van der Waals surface area contributed by atoms with Gasteiger partial charge in [0.2, 0.25) is 0 Å². The Balaban J connectivity index is 2.18. The molecule has 0 radical (unpaired) electrons. The zero-order valence-electron chi connectivity index (χ0n) is 15.5. The average Bonchev–Trinajstić information content (AvgIpc) is 2.52. The van der Waals surface area contributed by atoms with Crippen LogP contribution in [-0.2, 0) is 0 Å². The zero-order valence-corrected chi connectivity index (χ0v) is 15.5. The van der Waals surface area contributed by atoms with Gasteiger partial charge >= 0.3 is 0 Å². The molecule has 2 heteroatoms. The molecule has 0 amide bonds. The van der Waals surface area contributed by atoms with Crippen molar-refractivity contribution >= 4 is 5.78 Å². The van der Waals surface area contributed by atoms with Gasteiger partial charge in [-0.25, -0.2) is 0 Å². The Hall–Kier alpha value is -1.31. The molecule has 130 valence electrons. The smallest absolute Gasteiger partial charge is 0.168 e. The maximum atomic E-state index is 12.2. The first-order valence-electron chi connectivity index (χ1n) is 9.23. The Morgan fingerprint density at radius 3 is 1.91 bits per heavy atom. The third-order valence-corrected chi connectivity index (χ3v) is 4.06. The summed E-state index contributed by atoms with van der Waals surface area (Å²) in [5, 5.41) is 0. The second-order valence-corrected chi connectivity index (χ2v) is 7.43. The summed E-state index contributed by atoms with van der Waals surface area (Å²) in [5.74, 6) is 1.03. The van der Waals surface area contributed by atoms with E-state index in [2.05, 4.69) is 6.92 Å². The molecule has 0 saturated heterocycles. The summed E-state index contributed by atoms with van der Waals surface area (Å²) in [7, 11) is 0. The van der Waals surface area contributed by atoms with Crippen molar-refractivity contribution in [1.29, 1.82) is 0 Å². The van der Waals surface area contributed by atoms with E-state index in [1.54, 1.807) is 0 Å². The number of hydrogen-bond acceptors (Lipinski definition) is 2. The lowest BCUT2D eigenvalue weighted by Gasteiger charge is -2.16. The van der Waals surface area contributed by atoms with E-state index < -0.39 is 0 Å². The quantitative estimate of drug-likeness (QED) is 0.347. The van der Waals surface area contributed by atoms with Gasteiger partial charge in [0.1, 0.15) is 5.75 Å². The molecule has 0 fully saturated rings. The van der Waals surface area contributed by atoms with E-state index in [-0.39, 0.29) is 11.2 Å². The molecule has 2 nitrogen and oxygen atoms in total. The van der Waals surface area contributed by atoms with Crippen molar-refractivity contribution in [3.8, 4) is 5.75 Å². The molecular weight excluding hydrogens is 284 g/mol. The average molecular weight is 319 g/mol. The highest BCUT2D eigenvalue weighted by molar-refractivity contribution is 5.99. The van der Waals surface area contributed by atoms with Gasteiger partial charge in [-0.2, -0.15) is 0 Å². The lowest BCUT2D eigenvalue weighted by molar-refractivity contribution is 0.0858. The van der Waals surface area contributed by atoms with Gasteiger partial charge in [-0.15, -0.1) is 0 Å². The molecule has 0 aliphatic heterocycles. The fourth-order valence-corrected chi connectivity index (χ4v) is 2.56. The number of unbranched alkanes of at least 4 members (excludes halogenated alkanes) is 7. The Morgan fingerprint density at radius 1 is 0.870 bits per heavy atom. The third kappa shape index (κ3) is 8.20. The number of Topliss-reactive ketones (excluding diaryl/α,β-unsaturated/α-hetero) is 1. The molecule has 0 saturated carbocycles. The second kappa shape index (κ2) is 10.5. The van der Waals surface area contributed by atoms with Crippen molar-refractivity contribution in [2.24, 2.45) is 5.41 Å². The van der Waals surface area contributed by atoms with Gasteiger partial charge in [0.05, 0.1) is 6.61 Å². The molecule has 0 unspecified atom stereocenters. The van der Waals surface area contributed by atoms with Crippen LogP contribution in [0.25, 0.3) is 0 Å². The number of rotatable bonds is 11. The summed E-state index contributed by atoms with van der Waals surface area (Å²) in [6.07, 6.45) is 10.5. The van der Waals surface area contributed by atoms with Crippen molar-refractivity contribution in [3.05, 3.63) is 29.8 Å². The van der Waals surface area contributed by atoms with Crippen LogP contribution in [0.5, 0.6) is 5.75 Å². The summed E-state index contributed by atoms with van der Waals surface area (Å²) in [5.41, 5.74) is 0.427. The predicted molar refractivity (Wildman–Crippen MR) is 98.3 cm³/mol. The highest BCUT2D eigenvalue weighted by Gasteiger charge is 2.22. The van der Waals surface area contributed by atoms with E-state index in [0.717, 1.165) is 24.3 Å². The first kappa shape index (κ1) is 19.7. The number of ketones is 1. The van der Waals surface area contributed by atoms with Crippen LogP contribution in [0.15, 0.2) is 24.3 Å². The van der Waals surface area contributed by atoms with E-state index in [4.69, 9.17) is 4.74 Å². The molecule has 0 spiro atoms. The van der Waals surface area contributed by atoms with E-state index >= 15 is 0 Å². The molecule has 0 heterocycles. The molecule has 23 heavy (non-hydrogen) atoms. The summed E-state index contributed by atoms with van der Waals surface area (Å²) in [6, 6.07) is 7.56. The number of carbonyl (C=O) groups is 1. The highest BCUT2D eigenvalue weighted by atomic mass is 16.5. The molecule has 0 aliphatic rings. The zero-order chi connectivity index (χ0) is 17.1. The van der Waals surface area contributed by atoms with Crippen molar-refractivity contribution in [1.82, 2.24) is 0 Å². The van der Waals surface area contributed by atoms with Crippen LogP contribution in [0.3, 0.4) is 0 Å².